The van der Waals surface area contributed by atoms with Gasteiger partial charge >= 0.3 is 0 Å². The Bertz CT molecular complexity index is 907. The van der Waals surface area contributed by atoms with Crippen molar-refractivity contribution in [2.24, 2.45) is 0 Å². The van der Waals surface area contributed by atoms with Crippen LogP contribution in [0.5, 0.6) is 5.75 Å². The van der Waals surface area contributed by atoms with E-state index < -0.39 is 14.9 Å². The molecule has 0 bridgehead atoms. The van der Waals surface area contributed by atoms with Gasteiger partial charge in [0.1, 0.15) is 5.75 Å². The van der Waals surface area contributed by atoms with Gasteiger partial charge in [-0.3, -0.25) is 10.1 Å². The van der Waals surface area contributed by atoms with Gasteiger partial charge in [0.15, 0.2) is 0 Å². The Hall–Kier alpha value is -2.65. The average molecular weight is 391 g/mol. The molecule has 0 radical (unpaired) electrons. The van der Waals surface area contributed by atoms with Gasteiger partial charge in [0.25, 0.3) is 5.69 Å². The summed E-state index contributed by atoms with van der Waals surface area (Å²) >= 11 is 0. The lowest BCUT2D eigenvalue weighted by Crippen LogP contribution is -2.49. The molecule has 27 heavy (non-hydrogen) atoms. The van der Waals surface area contributed by atoms with Crippen LogP contribution in [0.1, 0.15) is 5.56 Å². The number of nitrogens with zero attached hydrogens (tertiary/aromatic N) is 3. The van der Waals surface area contributed by atoms with Crippen LogP contribution in [0.4, 0.5) is 11.4 Å². The number of methoxy groups -OCH3 is 1. The van der Waals surface area contributed by atoms with Crippen LogP contribution < -0.4 is 9.64 Å². The summed E-state index contributed by atoms with van der Waals surface area (Å²) in [5.41, 5.74) is 1.33. The van der Waals surface area contributed by atoms with Crippen molar-refractivity contribution in [3.63, 3.8) is 0 Å². The predicted octanol–water partition coefficient (Wildman–Crippen LogP) is 2.26. The third-order valence-corrected chi connectivity index (χ3v) is 6.39. The van der Waals surface area contributed by atoms with Crippen molar-refractivity contribution in [1.82, 2.24) is 4.31 Å². The molecular weight excluding hydrogens is 370 g/mol. The number of non-ortho nitro benzene ring substituents is 1. The first-order valence-electron chi connectivity index (χ1n) is 8.49. The average Bonchev–Trinajstić information content (AvgIpc) is 2.68. The zero-order valence-electron chi connectivity index (χ0n) is 14.9. The highest BCUT2D eigenvalue weighted by atomic mass is 32.2. The maximum absolute atomic E-state index is 12.7. The molecule has 1 fully saturated rings. The molecule has 0 N–H and O–H groups in total. The molecule has 0 aromatic heterocycles. The van der Waals surface area contributed by atoms with E-state index >= 15 is 0 Å². The SMILES string of the molecule is COc1ccc(N2CCN(S(=O)(=O)Cc3cccc([N+](=O)[O-])c3)CC2)cc1. The van der Waals surface area contributed by atoms with Gasteiger partial charge in [0.2, 0.25) is 10.0 Å². The van der Waals surface area contributed by atoms with Crippen molar-refractivity contribution in [2.75, 3.05) is 38.2 Å². The molecular formula is C18H21N3O5S. The summed E-state index contributed by atoms with van der Waals surface area (Å²) in [4.78, 5) is 12.5. The Morgan fingerprint density at radius 2 is 1.74 bits per heavy atom. The maximum atomic E-state index is 12.7. The molecule has 0 atom stereocenters. The molecule has 9 heteroatoms. The summed E-state index contributed by atoms with van der Waals surface area (Å²) in [6.45, 7) is 1.92. The standard InChI is InChI=1S/C18H21N3O5S/c1-26-18-7-5-16(6-8-18)19-9-11-20(12-10-19)27(24,25)14-15-3-2-4-17(13-15)21(22)23/h2-8,13H,9-12,14H2,1H3. The molecule has 2 aromatic rings. The van der Waals surface area contributed by atoms with Gasteiger partial charge in [0, 0.05) is 44.0 Å². The normalized spacial score (nSPS) is 15.5. The van der Waals surface area contributed by atoms with Gasteiger partial charge < -0.3 is 9.64 Å². The van der Waals surface area contributed by atoms with Crippen LogP contribution >= 0.6 is 0 Å². The number of sulfonamides is 1. The first-order valence-corrected chi connectivity index (χ1v) is 10.1. The number of nitro benzene ring substituents is 1. The smallest absolute Gasteiger partial charge is 0.269 e. The third-order valence-electron chi connectivity index (χ3n) is 4.54. The second kappa shape index (κ2) is 7.93. The highest BCUT2D eigenvalue weighted by Gasteiger charge is 2.27. The van der Waals surface area contributed by atoms with E-state index in [1.807, 2.05) is 24.3 Å². The number of hydrogen-bond acceptors (Lipinski definition) is 6. The molecule has 8 nitrogen and oxygen atoms in total. The fraction of sp³-hybridized carbons (Fsp3) is 0.333. The molecule has 1 aliphatic heterocycles. The van der Waals surface area contributed by atoms with E-state index in [-0.39, 0.29) is 11.4 Å². The molecule has 2 aromatic carbocycles. The molecule has 0 saturated carbocycles. The molecule has 0 aliphatic carbocycles. The lowest BCUT2D eigenvalue weighted by molar-refractivity contribution is -0.384. The van der Waals surface area contributed by atoms with E-state index in [1.165, 1.54) is 22.5 Å². The number of nitro groups is 1. The Balaban J connectivity index is 1.63. The van der Waals surface area contributed by atoms with Crippen molar-refractivity contribution in [3.8, 4) is 5.75 Å². The number of anilines is 1. The number of benzene rings is 2. The zero-order valence-corrected chi connectivity index (χ0v) is 15.8. The zero-order chi connectivity index (χ0) is 19.4. The Labute approximate surface area is 158 Å². The Morgan fingerprint density at radius 3 is 2.33 bits per heavy atom. The van der Waals surface area contributed by atoms with Crippen LogP contribution in [0.2, 0.25) is 0 Å². The molecule has 1 heterocycles. The van der Waals surface area contributed by atoms with Gasteiger partial charge in [-0.1, -0.05) is 12.1 Å². The largest absolute Gasteiger partial charge is 0.497 e. The minimum absolute atomic E-state index is 0.105. The van der Waals surface area contributed by atoms with Crippen molar-refractivity contribution in [1.29, 1.82) is 0 Å². The fourth-order valence-corrected chi connectivity index (χ4v) is 4.58. The summed E-state index contributed by atoms with van der Waals surface area (Å²) in [5, 5.41) is 10.9. The summed E-state index contributed by atoms with van der Waals surface area (Å²) in [7, 11) is -1.92. The number of rotatable bonds is 6. The van der Waals surface area contributed by atoms with E-state index in [0.29, 0.717) is 31.7 Å². The van der Waals surface area contributed by atoms with Gasteiger partial charge in [-0.05, 0) is 29.8 Å². The number of piperazine rings is 1. The molecule has 0 unspecified atom stereocenters. The maximum Gasteiger partial charge on any atom is 0.269 e. The quantitative estimate of drug-likeness (QED) is 0.554. The summed E-state index contributed by atoms with van der Waals surface area (Å²) < 4.78 is 32.0. The first kappa shape index (κ1) is 19.1. The van der Waals surface area contributed by atoms with Crippen LogP contribution in [-0.4, -0.2) is 50.9 Å². The van der Waals surface area contributed by atoms with Gasteiger partial charge in [-0.25, -0.2) is 8.42 Å². The molecule has 144 valence electrons. The monoisotopic (exact) mass is 391 g/mol. The van der Waals surface area contributed by atoms with E-state index in [2.05, 4.69) is 4.90 Å². The van der Waals surface area contributed by atoms with Gasteiger partial charge in [0.05, 0.1) is 17.8 Å². The second-order valence-electron chi connectivity index (χ2n) is 6.27. The minimum Gasteiger partial charge on any atom is -0.497 e. The molecule has 1 saturated heterocycles. The molecule has 0 amide bonds. The van der Waals surface area contributed by atoms with E-state index in [4.69, 9.17) is 4.74 Å². The third kappa shape index (κ3) is 4.55. The topological polar surface area (TPSA) is 93.0 Å². The highest BCUT2D eigenvalue weighted by Crippen LogP contribution is 2.22. The van der Waals surface area contributed by atoms with Crippen LogP contribution in [0.3, 0.4) is 0 Å². The number of ether oxygens (including phenoxy) is 1. The highest BCUT2D eigenvalue weighted by molar-refractivity contribution is 7.88. The van der Waals surface area contributed by atoms with Gasteiger partial charge in [-0.15, -0.1) is 0 Å². The first-order chi connectivity index (χ1) is 12.9. The van der Waals surface area contributed by atoms with Crippen molar-refractivity contribution >= 4 is 21.4 Å². The molecule has 3 rings (SSSR count). The van der Waals surface area contributed by atoms with Crippen molar-refractivity contribution < 1.29 is 18.1 Å². The molecule has 1 aliphatic rings. The summed E-state index contributed by atoms with van der Waals surface area (Å²) in [6, 6.07) is 13.4. The Kier molecular flexibility index (Phi) is 5.62. The van der Waals surface area contributed by atoms with Crippen molar-refractivity contribution in [3.05, 3.63) is 64.2 Å². The predicted molar refractivity (Wildman–Crippen MR) is 103 cm³/mol. The van der Waals surface area contributed by atoms with Crippen LogP contribution in [0.15, 0.2) is 48.5 Å². The second-order valence-corrected chi connectivity index (χ2v) is 8.24. The summed E-state index contributed by atoms with van der Waals surface area (Å²) in [5.74, 6) is 0.536. The lowest BCUT2D eigenvalue weighted by Gasteiger charge is -2.35. The number of hydrogen-bond donors (Lipinski definition) is 0. The lowest BCUT2D eigenvalue weighted by atomic mass is 10.2. The van der Waals surface area contributed by atoms with E-state index in [9.17, 15) is 18.5 Å². The van der Waals surface area contributed by atoms with Gasteiger partial charge in [-0.2, -0.15) is 4.31 Å². The van der Waals surface area contributed by atoms with E-state index in [0.717, 1.165) is 11.4 Å². The van der Waals surface area contributed by atoms with Crippen LogP contribution in [-0.2, 0) is 15.8 Å². The minimum atomic E-state index is -3.53. The summed E-state index contributed by atoms with van der Waals surface area (Å²) in [6.07, 6.45) is 0. The molecule has 0 spiro atoms. The fourth-order valence-electron chi connectivity index (χ4n) is 3.08. The Morgan fingerprint density at radius 1 is 1.07 bits per heavy atom. The van der Waals surface area contributed by atoms with Crippen molar-refractivity contribution in [2.45, 2.75) is 5.75 Å². The van der Waals surface area contributed by atoms with E-state index in [1.54, 1.807) is 13.2 Å². The van der Waals surface area contributed by atoms with Crippen LogP contribution in [0.25, 0.3) is 0 Å². The van der Waals surface area contributed by atoms with Crippen LogP contribution in [0, 0.1) is 10.1 Å².